The van der Waals surface area contributed by atoms with E-state index in [1.807, 2.05) is 32.0 Å². The summed E-state index contributed by atoms with van der Waals surface area (Å²) in [7, 11) is 0. The second kappa shape index (κ2) is 7.85. The summed E-state index contributed by atoms with van der Waals surface area (Å²) >= 11 is 0. The van der Waals surface area contributed by atoms with Gasteiger partial charge >= 0.3 is 0 Å². The highest BCUT2D eigenvalue weighted by Gasteiger charge is 2.21. The molecule has 0 atom stereocenters. The van der Waals surface area contributed by atoms with Gasteiger partial charge < -0.3 is 15.0 Å². The van der Waals surface area contributed by atoms with Gasteiger partial charge in [0.2, 0.25) is 0 Å². The second-order valence-corrected chi connectivity index (χ2v) is 6.62. The molecule has 1 aliphatic rings. The Morgan fingerprint density at radius 1 is 1.12 bits per heavy atom. The maximum Gasteiger partial charge on any atom is 0.250 e. The predicted molar refractivity (Wildman–Crippen MR) is 99.7 cm³/mol. The average molecular weight is 341 g/mol. The molecule has 1 saturated heterocycles. The lowest BCUT2D eigenvalue weighted by Crippen LogP contribution is -2.37. The molecule has 1 aliphatic heterocycles. The first kappa shape index (κ1) is 17.7. The van der Waals surface area contributed by atoms with Gasteiger partial charge in [-0.3, -0.25) is 9.69 Å². The van der Waals surface area contributed by atoms with Crippen LogP contribution in [0.15, 0.2) is 30.3 Å². The van der Waals surface area contributed by atoms with Gasteiger partial charge in [0.15, 0.2) is 0 Å². The summed E-state index contributed by atoms with van der Waals surface area (Å²) in [6.45, 7) is 9.55. The number of carbonyl (C=O) groups excluding carboxylic acids is 1. The summed E-state index contributed by atoms with van der Waals surface area (Å²) in [4.78, 5) is 14.4. The zero-order valence-electron chi connectivity index (χ0n) is 15.1. The maximum atomic E-state index is 11.9. The largest absolute Gasteiger partial charge is 0.379 e. The zero-order chi connectivity index (χ0) is 17.8. The summed E-state index contributed by atoms with van der Waals surface area (Å²) in [5.74, 6) is -0.348. The molecule has 0 spiro atoms. The molecule has 0 radical (unpaired) electrons. The summed E-state index contributed by atoms with van der Waals surface area (Å²) in [5, 5.41) is 0. The van der Waals surface area contributed by atoms with E-state index in [0.29, 0.717) is 5.56 Å². The summed E-state index contributed by atoms with van der Waals surface area (Å²) < 4.78 is 7.66. The Morgan fingerprint density at radius 2 is 1.80 bits per heavy atom. The lowest BCUT2D eigenvalue weighted by molar-refractivity contribution is 0.0369. The van der Waals surface area contributed by atoms with Gasteiger partial charge in [-0.1, -0.05) is 30.3 Å². The van der Waals surface area contributed by atoms with Crippen molar-refractivity contribution in [2.75, 3.05) is 32.8 Å². The van der Waals surface area contributed by atoms with Crippen LogP contribution >= 0.6 is 0 Å². The zero-order valence-corrected chi connectivity index (χ0v) is 15.1. The average Bonchev–Trinajstić information content (AvgIpc) is 2.87. The normalized spacial score (nSPS) is 15.4. The van der Waals surface area contributed by atoms with Gasteiger partial charge in [-0.25, -0.2) is 0 Å². The van der Waals surface area contributed by atoms with Crippen LogP contribution in [0.5, 0.6) is 0 Å². The molecule has 0 bridgehead atoms. The molecule has 5 heteroatoms. The molecule has 0 saturated carbocycles. The fraction of sp³-hybridized carbons (Fsp3) is 0.450. The quantitative estimate of drug-likeness (QED) is 0.878. The highest BCUT2D eigenvalue weighted by Crippen LogP contribution is 2.31. The van der Waals surface area contributed by atoms with Crippen LogP contribution in [0, 0.1) is 13.8 Å². The number of carbonyl (C=O) groups is 1. The van der Waals surface area contributed by atoms with E-state index in [1.54, 1.807) is 0 Å². The van der Waals surface area contributed by atoms with E-state index in [4.69, 9.17) is 10.5 Å². The molecular weight excluding hydrogens is 314 g/mol. The monoisotopic (exact) mass is 341 g/mol. The van der Waals surface area contributed by atoms with Crippen molar-refractivity contribution in [3.63, 3.8) is 0 Å². The van der Waals surface area contributed by atoms with Gasteiger partial charge in [-0.15, -0.1) is 0 Å². The second-order valence-electron chi connectivity index (χ2n) is 6.62. The van der Waals surface area contributed by atoms with Crippen molar-refractivity contribution < 1.29 is 9.53 Å². The van der Waals surface area contributed by atoms with Gasteiger partial charge in [0.1, 0.15) is 0 Å². The van der Waals surface area contributed by atoms with Crippen LogP contribution in [-0.2, 0) is 11.3 Å². The SMILES string of the molecule is Cc1c(C(N)=O)c(C)n(CCCN2CCOCC2)c1-c1ccccc1. The minimum absolute atomic E-state index is 0.348. The topological polar surface area (TPSA) is 60.5 Å². The Kier molecular flexibility index (Phi) is 5.56. The summed E-state index contributed by atoms with van der Waals surface area (Å²) in [5.41, 5.74) is 10.5. The molecular formula is C20H27N3O2. The fourth-order valence-electron chi connectivity index (χ4n) is 3.78. The minimum atomic E-state index is -0.348. The Hall–Kier alpha value is -2.11. The van der Waals surface area contributed by atoms with Gasteiger partial charge in [0, 0.05) is 31.9 Å². The first-order valence-electron chi connectivity index (χ1n) is 8.94. The van der Waals surface area contributed by atoms with E-state index in [-0.39, 0.29) is 5.91 Å². The molecule has 5 nitrogen and oxygen atoms in total. The molecule has 0 unspecified atom stereocenters. The number of rotatable bonds is 6. The third-order valence-electron chi connectivity index (χ3n) is 5.02. The molecule has 1 amide bonds. The summed E-state index contributed by atoms with van der Waals surface area (Å²) in [6.07, 6.45) is 1.03. The Morgan fingerprint density at radius 3 is 2.44 bits per heavy atom. The van der Waals surface area contributed by atoms with Gasteiger partial charge in [-0.05, 0) is 31.4 Å². The molecule has 3 rings (SSSR count). The molecule has 1 aromatic carbocycles. The standard InChI is InChI=1S/C20H27N3O2/c1-15-18(20(21)24)16(2)23(19(15)17-7-4-3-5-8-17)10-6-9-22-11-13-25-14-12-22/h3-5,7-8H,6,9-14H2,1-2H3,(H2,21,24). The highest BCUT2D eigenvalue weighted by molar-refractivity contribution is 5.97. The van der Waals surface area contributed by atoms with E-state index in [9.17, 15) is 4.79 Å². The van der Waals surface area contributed by atoms with Crippen molar-refractivity contribution in [3.05, 3.63) is 47.2 Å². The van der Waals surface area contributed by atoms with E-state index in [2.05, 4.69) is 21.6 Å². The van der Waals surface area contributed by atoms with Gasteiger partial charge in [-0.2, -0.15) is 0 Å². The number of amides is 1. The molecule has 1 fully saturated rings. The molecule has 2 heterocycles. The van der Waals surface area contributed by atoms with Crippen LogP contribution in [-0.4, -0.2) is 48.2 Å². The smallest absolute Gasteiger partial charge is 0.250 e. The first-order valence-corrected chi connectivity index (χ1v) is 8.94. The summed E-state index contributed by atoms with van der Waals surface area (Å²) in [6, 6.07) is 10.2. The number of primary amides is 1. The molecule has 0 aliphatic carbocycles. The molecule has 1 aromatic heterocycles. The third-order valence-corrected chi connectivity index (χ3v) is 5.02. The Labute approximate surface area is 149 Å². The molecule has 134 valence electrons. The van der Waals surface area contributed by atoms with Crippen molar-refractivity contribution in [1.82, 2.24) is 9.47 Å². The number of hydrogen-bond acceptors (Lipinski definition) is 3. The number of benzene rings is 1. The third kappa shape index (κ3) is 3.78. The molecule has 2 N–H and O–H groups in total. The fourth-order valence-corrected chi connectivity index (χ4v) is 3.78. The molecule has 25 heavy (non-hydrogen) atoms. The van der Waals surface area contributed by atoms with Crippen LogP contribution in [0.3, 0.4) is 0 Å². The van der Waals surface area contributed by atoms with Crippen LogP contribution < -0.4 is 5.73 Å². The van der Waals surface area contributed by atoms with Crippen molar-refractivity contribution in [1.29, 1.82) is 0 Å². The van der Waals surface area contributed by atoms with Crippen LogP contribution in [0.25, 0.3) is 11.3 Å². The van der Waals surface area contributed by atoms with Crippen molar-refractivity contribution >= 4 is 5.91 Å². The van der Waals surface area contributed by atoms with Crippen LogP contribution in [0.1, 0.15) is 28.0 Å². The number of hydrogen-bond donors (Lipinski definition) is 1. The number of nitrogens with two attached hydrogens (primary N) is 1. The van der Waals surface area contributed by atoms with Crippen LogP contribution in [0.4, 0.5) is 0 Å². The lowest BCUT2D eigenvalue weighted by Gasteiger charge is -2.26. The highest BCUT2D eigenvalue weighted by atomic mass is 16.5. The lowest BCUT2D eigenvalue weighted by atomic mass is 10.1. The van der Waals surface area contributed by atoms with Gasteiger partial charge in [0.05, 0.1) is 24.5 Å². The van der Waals surface area contributed by atoms with E-state index < -0.39 is 0 Å². The predicted octanol–water partition coefficient (Wildman–Crippen LogP) is 2.59. The van der Waals surface area contributed by atoms with Crippen molar-refractivity contribution in [2.24, 2.45) is 5.73 Å². The van der Waals surface area contributed by atoms with E-state index in [1.165, 1.54) is 0 Å². The Balaban J connectivity index is 1.86. The first-order chi connectivity index (χ1) is 12.1. The number of aromatic nitrogens is 1. The number of ether oxygens (including phenoxy) is 1. The number of morpholine rings is 1. The minimum Gasteiger partial charge on any atom is -0.379 e. The van der Waals surface area contributed by atoms with Crippen molar-refractivity contribution in [3.8, 4) is 11.3 Å². The van der Waals surface area contributed by atoms with Crippen molar-refractivity contribution in [2.45, 2.75) is 26.8 Å². The Bertz CT molecular complexity index is 731. The molecule has 2 aromatic rings. The van der Waals surface area contributed by atoms with Crippen LogP contribution in [0.2, 0.25) is 0 Å². The number of nitrogens with zero attached hydrogens (tertiary/aromatic N) is 2. The van der Waals surface area contributed by atoms with Gasteiger partial charge in [0.25, 0.3) is 5.91 Å². The van der Waals surface area contributed by atoms with E-state index in [0.717, 1.165) is 68.3 Å². The van der Waals surface area contributed by atoms with E-state index >= 15 is 0 Å². The maximum absolute atomic E-state index is 11.9.